The summed E-state index contributed by atoms with van der Waals surface area (Å²) in [4.78, 5) is 19.4. The topological polar surface area (TPSA) is 47.4 Å². The summed E-state index contributed by atoms with van der Waals surface area (Å²) in [5.41, 5.74) is 2.09. The molecule has 0 saturated carbocycles. The molecule has 1 aliphatic rings. The van der Waals surface area contributed by atoms with Crippen LogP contribution in [-0.4, -0.2) is 46.8 Å². The van der Waals surface area contributed by atoms with Gasteiger partial charge in [0.25, 0.3) is 5.56 Å². The number of ether oxygens (including phenoxy) is 1. The molecule has 0 spiro atoms. The first kappa shape index (κ1) is 16.9. The summed E-state index contributed by atoms with van der Waals surface area (Å²) in [6, 6.07) is 17.9. The highest BCUT2D eigenvalue weighted by Crippen LogP contribution is 2.12. The Hall–Kier alpha value is -2.50. The molecule has 0 amide bonds. The van der Waals surface area contributed by atoms with Crippen LogP contribution in [0, 0.1) is 0 Å². The lowest BCUT2D eigenvalue weighted by Gasteiger charge is -2.33. The highest BCUT2D eigenvalue weighted by molar-refractivity contribution is 5.76. The second kappa shape index (κ2) is 7.81. The van der Waals surface area contributed by atoms with Crippen molar-refractivity contribution >= 4 is 10.9 Å². The predicted octanol–water partition coefficient (Wildman–Crippen LogP) is 2.34. The Morgan fingerprint density at radius 3 is 2.73 bits per heavy atom. The standard InChI is InChI=1S/C21H23N3O2/c25-21-19-8-4-5-9-20(19)22-16-24(21)11-10-23-12-13-26-18(15-23)14-17-6-2-1-3-7-17/h1-9,16,18H,10-15H2/t18-/m1/s1. The summed E-state index contributed by atoms with van der Waals surface area (Å²) < 4.78 is 7.64. The van der Waals surface area contributed by atoms with Crippen LogP contribution in [0.4, 0.5) is 0 Å². The van der Waals surface area contributed by atoms with Gasteiger partial charge in [0.2, 0.25) is 0 Å². The van der Waals surface area contributed by atoms with Crippen molar-refractivity contribution in [3.05, 3.63) is 76.8 Å². The SMILES string of the molecule is O=c1c2ccccc2ncn1CCN1CCO[C@H](Cc2ccccc2)C1. The molecule has 1 saturated heterocycles. The largest absolute Gasteiger partial charge is 0.375 e. The number of fused-ring (bicyclic) bond motifs is 1. The Kier molecular flexibility index (Phi) is 5.09. The van der Waals surface area contributed by atoms with Crippen molar-refractivity contribution in [3.63, 3.8) is 0 Å². The first-order valence-electron chi connectivity index (χ1n) is 9.12. The summed E-state index contributed by atoms with van der Waals surface area (Å²) >= 11 is 0. The van der Waals surface area contributed by atoms with Gasteiger partial charge in [-0.2, -0.15) is 0 Å². The summed E-state index contributed by atoms with van der Waals surface area (Å²) in [7, 11) is 0. The van der Waals surface area contributed by atoms with E-state index in [9.17, 15) is 4.79 Å². The van der Waals surface area contributed by atoms with Crippen molar-refractivity contribution in [3.8, 4) is 0 Å². The fourth-order valence-electron chi connectivity index (χ4n) is 3.50. The molecule has 1 aromatic heterocycles. The summed E-state index contributed by atoms with van der Waals surface area (Å²) in [5.74, 6) is 0. The van der Waals surface area contributed by atoms with Crippen molar-refractivity contribution in [2.45, 2.75) is 19.1 Å². The van der Waals surface area contributed by atoms with Gasteiger partial charge in [0.05, 0.1) is 29.9 Å². The maximum absolute atomic E-state index is 12.6. The summed E-state index contributed by atoms with van der Waals surface area (Å²) in [5, 5.41) is 0.680. The minimum absolute atomic E-state index is 0.0321. The molecule has 0 radical (unpaired) electrons. The molecule has 0 unspecified atom stereocenters. The number of morpholine rings is 1. The minimum atomic E-state index is 0.0321. The molecule has 134 valence electrons. The highest BCUT2D eigenvalue weighted by atomic mass is 16.5. The molecular formula is C21H23N3O2. The van der Waals surface area contributed by atoms with Crippen molar-refractivity contribution in [2.24, 2.45) is 0 Å². The lowest BCUT2D eigenvalue weighted by atomic mass is 10.1. The molecular weight excluding hydrogens is 326 g/mol. The summed E-state index contributed by atoms with van der Waals surface area (Å²) in [6.45, 7) is 4.01. The van der Waals surface area contributed by atoms with E-state index in [0.29, 0.717) is 11.9 Å². The summed E-state index contributed by atoms with van der Waals surface area (Å²) in [6.07, 6.45) is 2.79. The molecule has 1 atom stereocenters. The average molecular weight is 349 g/mol. The van der Waals surface area contributed by atoms with E-state index in [2.05, 4.69) is 34.1 Å². The van der Waals surface area contributed by atoms with Crippen molar-refractivity contribution in [2.75, 3.05) is 26.2 Å². The van der Waals surface area contributed by atoms with Crippen molar-refractivity contribution < 1.29 is 4.74 Å². The van der Waals surface area contributed by atoms with Gasteiger partial charge in [0.15, 0.2) is 0 Å². The van der Waals surface area contributed by atoms with Gasteiger partial charge in [-0.15, -0.1) is 0 Å². The number of hydrogen-bond acceptors (Lipinski definition) is 4. The van der Waals surface area contributed by atoms with E-state index in [1.54, 1.807) is 10.9 Å². The highest BCUT2D eigenvalue weighted by Gasteiger charge is 2.20. The number of nitrogens with zero attached hydrogens (tertiary/aromatic N) is 3. The van der Waals surface area contributed by atoms with E-state index >= 15 is 0 Å². The number of aromatic nitrogens is 2. The first-order chi connectivity index (χ1) is 12.8. The monoisotopic (exact) mass is 349 g/mol. The molecule has 2 heterocycles. The molecule has 5 nitrogen and oxygen atoms in total. The fourth-order valence-corrected chi connectivity index (χ4v) is 3.50. The van der Waals surface area contributed by atoms with Gasteiger partial charge in [-0.05, 0) is 24.1 Å². The smallest absolute Gasteiger partial charge is 0.261 e. The van der Waals surface area contributed by atoms with E-state index in [0.717, 1.165) is 38.2 Å². The fraction of sp³-hybridized carbons (Fsp3) is 0.333. The molecule has 3 aromatic rings. The Bertz CT molecular complexity index is 923. The lowest BCUT2D eigenvalue weighted by Crippen LogP contribution is -2.45. The minimum Gasteiger partial charge on any atom is -0.375 e. The maximum atomic E-state index is 12.6. The molecule has 1 aliphatic heterocycles. The molecule has 5 heteroatoms. The zero-order valence-electron chi connectivity index (χ0n) is 14.8. The zero-order valence-corrected chi connectivity index (χ0v) is 14.8. The van der Waals surface area contributed by atoms with Gasteiger partial charge in [0, 0.05) is 26.2 Å². The van der Waals surface area contributed by atoms with E-state index in [-0.39, 0.29) is 11.7 Å². The Balaban J connectivity index is 1.38. The molecule has 4 rings (SSSR count). The third kappa shape index (κ3) is 3.84. The van der Waals surface area contributed by atoms with E-state index in [1.807, 2.05) is 30.3 Å². The Labute approximate surface area is 152 Å². The normalized spacial score (nSPS) is 18.2. The number of rotatable bonds is 5. The van der Waals surface area contributed by atoms with Crippen molar-refractivity contribution in [1.29, 1.82) is 0 Å². The first-order valence-corrected chi connectivity index (χ1v) is 9.12. The van der Waals surface area contributed by atoms with Crippen LogP contribution in [0.5, 0.6) is 0 Å². The number of benzene rings is 2. The van der Waals surface area contributed by atoms with Crippen molar-refractivity contribution in [1.82, 2.24) is 14.5 Å². The van der Waals surface area contributed by atoms with Gasteiger partial charge < -0.3 is 4.74 Å². The van der Waals surface area contributed by atoms with E-state index in [4.69, 9.17) is 4.74 Å². The van der Waals surface area contributed by atoms with Crippen LogP contribution in [0.1, 0.15) is 5.56 Å². The average Bonchev–Trinajstić information content (AvgIpc) is 2.69. The van der Waals surface area contributed by atoms with Gasteiger partial charge >= 0.3 is 0 Å². The Morgan fingerprint density at radius 1 is 1.04 bits per heavy atom. The molecule has 26 heavy (non-hydrogen) atoms. The van der Waals surface area contributed by atoms with Crippen LogP contribution >= 0.6 is 0 Å². The third-order valence-corrected chi connectivity index (χ3v) is 4.92. The maximum Gasteiger partial charge on any atom is 0.261 e. The lowest BCUT2D eigenvalue weighted by molar-refractivity contribution is -0.0285. The molecule has 0 N–H and O–H groups in total. The zero-order chi connectivity index (χ0) is 17.8. The Morgan fingerprint density at radius 2 is 1.85 bits per heavy atom. The molecule has 0 bridgehead atoms. The van der Waals surface area contributed by atoms with Crippen LogP contribution in [0.2, 0.25) is 0 Å². The van der Waals surface area contributed by atoms with Gasteiger partial charge in [-0.1, -0.05) is 42.5 Å². The quantitative estimate of drug-likeness (QED) is 0.709. The van der Waals surface area contributed by atoms with Gasteiger partial charge in [0.1, 0.15) is 0 Å². The van der Waals surface area contributed by atoms with E-state index in [1.165, 1.54) is 5.56 Å². The van der Waals surface area contributed by atoms with Crippen LogP contribution in [0.3, 0.4) is 0 Å². The molecule has 1 fully saturated rings. The predicted molar refractivity (Wildman–Crippen MR) is 102 cm³/mol. The second-order valence-corrected chi connectivity index (χ2v) is 6.74. The third-order valence-electron chi connectivity index (χ3n) is 4.92. The molecule has 2 aromatic carbocycles. The second-order valence-electron chi connectivity index (χ2n) is 6.74. The van der Waals surface area contributed by atoms with Crippen LogP contribution in [0.15, 0.2) is 65.7 Å². The van der Waals surface area contributed by atoms with Gasteiger partial charge in [-0.3, -0.25) is 14.3 Å². The van der Waals surface area contributed by atoms with Crippen LogP contribution in [-0.2, 0) is 17.7 Å². The van der Waals surface area contributed by atoms with Crippen LogP contribution < -0.4 is 5.56 Å². The number of hydrogen-bond donors (Lipinski definition) is 0. The number of para-hydroxylation sites is 1. The van der Waals surface area contributed by atoms with Crippen LogP contribution in [0.25, 0.3) is 10.9 Å². The van der Waals surface area contributed by atoms with E-state index < -0.39 is 0 Å². The van der Waals surface area contributed by atoms with Gasteiger partial charge in [-0.25, -0.2) is 4.98 Å². The molecule has 0 aliphatic carbocycles.